The molecule has 3 N–H and O–H groups in total. The molecule has 0 spiro atoms. The fourth-order valence-corrected chi connectivity index (χ4v) is 3.46. The molecule has 25 heavy (non-hydrogen) atoms. The van der Waals surface area contributed by atoms with E-state index in [4.69, 9.17) is 5.11 Å². The van der Waals surface area contributed by atoms with E-state index >= 15 is 0 Å². The Morgan fingerprint density at radius 2 is 1.80 bits per heavy atom. The predicted octanol–water partition coefficient (Wildman–Crippen LogP) is 4.03. The van der Waals surface area contributed by atoms with Crippen molar-refractivity contribution in [3.63, 3.8) is 0 Å². The SMILES string of the molecule is CC(C)c1ccc(C2(O)CCC(NCCC(C)(C)C(=O)O)CC2)cc1. The topological polar surface area (TPSA) is 69.6 Å². The average molecular weight is 347 g/mol. The molecular weight excluding hydrogens is 314 g/mol. The highest BCUT2D eigenvalue weighted by molar-refractivity contribution is 5.73. The van der Waals surface area contributed by atoms with Crippen LogP contribution < -0.4 is 5.32 Å². The van der Waals surface area contributed by atoms with E-state index < -0.39 is 17.0 Å². The summed E-state index contributed by atoms with van der Waals surface area (Å²) in [5.41, 5.74) is 0.889. The Hall–Kier alpha value is -1.39. The fraction of sp³-hybridized carbons (Fsp3) is 0.667. The van der Waals surface area contributed by atoms with E-state index in [1.54, 1.807) is 13.8 Å². The van der Waals surface area contributed by atoms with Crippen molar-refractivity contribution < 1.29 is 15.0 Å². The molecule has 0 saturated heterocycles. The van der Waals surface area contributed by atoms with E-state index in [1.807, 2.05) is 0 Å². The first-order valence-electron chi connectivity index (χ1n) is 9.44. The molecule has 1 aliphatic rings. The second kappa shape index (κ2) is 7.88. The van der Waals surface area contributed by atoms with Crippen molar-refractivity contribution in [1.29, 1.82) is 0 Å². The number of hydrogen-bond acceptors (Lipinski definition) is 3. The van der Waals surface area contributed by atoms with Crippen LogP contribution in [-0.4, -0.2) is 28.8 Å². The van der Waals surface area contributed by atoms with Gasteiger partial charge in [-0.25, -0.2) is 0 Å². The van der Waals surface area contributed by atoms with E-state index in [-0.39, 0.29) is 0 Å². The molecule has 4 heteroatoms. The summed E-state index contributed by atoms with van der Waals surface area (Å²) in [6.07, 6.45) is 3.92. The van der Waals surface area contributed by atoms with E-state index in [1.165, 1.54) is 5.56 Å². The molecule has 1 aliphatic carbocycles. The smallest absolute Gasteiger partial charge is 0.309 e. The lowest BCUT2D eigenvalue weighted by Gasteiger charge is -2.37. The first kappa shape index (κ1) is 19.9. The third-order valence-corrected chi connectivity index (χ3v) is 5.69. The minimum Gasteiger partial charge on any atom is -0.481 e. The predicted molar refractivity (Wildman–Crippen MR) is 101 cm³/mol. The normalized spacial score (nSPS) is 24.5. The lowest BCUT2D eigenvalue weighted by molar-refractivity contribution is -0.147. The van der Waals surface area contributed by atoms with Gasteiger partial charge in [-0.1, -0.05) is 38.1 Å². The summed E-state index contributed by atoms with van der Waals surface area (Å²) in [6.45, 7) is 8.57. The van der Waals surface area contributed by atoms with E-state index in [0.717, 1.165) is 31.2 Å². The average Bonchev–Trinajstić information content (AvgIpc) is 2.56. The number of carboxylic acid groups (broad SMARTS) is 1. The number of hydrogen-bond donors (Lipinski definition) is 3. The van der Waals surface area contributed by atoms with Gasteiger partial charge in [-0.05, 0) is 69.5 Å². The van der Waals surface area contributed by atoms with Crippen molar-refractivity contribution in [2.45, 2.75) is 77.4 Å². The minimum absolute atomic E-state index is 0.361. The first-order chi connectivity index (χ1) is 11.6. The van der Waals surface area contributed by atoms with E-state index in [9.17, 15) is 9.90 Å². The quantitative estimate of drug-likeness (QED) is 0.696. The molecule has 1 fully saturated rings. The van der Waals surface area contributed by atoms with Crippen LogP contribution in [0.25, 0.3) is 0 Å². The second-order valence-corrected chi connectivity index (χ2v) is 8.48. The van der Waals surface area contributed by atoms with Crippen LogP contribution in [0.5, 0.6) is 0 Å². The molecule has 1 aromatic carbocycles. The zero-order valence-electron chi connectivity index (χ0n) is 16.0. The molecule has 0 unspecified atom stereocenters. The summed E-state index contributed by atoms with van der Waals surface area (Å²) in [5, 5.41) is 23.6. The Morgan fingerprint density at radius 3 is 2.28 bits per heavy atom. The number of nitrogens with one attached hydrogen (secondary N) is 1. The van der Waals surface area contributed by atoms with Gasteiger partial charge >= 0.3 is 5.97 Å². The van der Waals surface area contributed by atoms with Gasteiger partial charge in [-0.2, -0.15) is 0 Å². The Labute approximate surface area is 151 Å². The molecule has 0 heterocycles. The summed E-state index contributed by atoms with van der Waals surface area (Å²) >= 11 is 0. The second-order valence-electron chi connectivity index (χ2n) is 8.48. The van der Waals surface area contributed by atoms with Gasteiger partial charge < -0.3 is 15.5 Å². The largest absolute Gasteiger partial charge is 0.481 e. The number of carboxylic acids is 1. The number of benzene rings is 1. The maximum Gasteiger partial charge on any atom is 0.309 e. The van der Waals surface area contributed by atoms with Crippen LogP contribution in [0.15, 0.2) is 24.3 Å². The molecule has 4 nitrogen and oxygen atoms in total. The molecule has 0 aromatic heterocycles. The van der Waals surface area contributed by atoms with Gasteiger partial charge in [0, 0.05) is 6.04 Å². The van der Waals surface area contributed by atoms with Crippen molar-refractivity contribution in [2.24, 2.45) is 5.41 Å². The summed E-state index contributed by atoms with van der Waals surface area (Å²) in [4.78, 5) is 11.2. The van der Waals surface area contributed by atoms with Crippen LogP contribution in [0.1, 0.15) is 76.8 Å². The van der Waals surface area contributed by atoms with E-state index in [2.05, 4.69) is 43.4 Å². The Balaban J connectivity index is 1.85. The van der Waals surface area contributed by atoms with Crippen LogP contribution >= 0.6 is 0 Å². The van der Waals surface area contributed by atoms with Crippen LogP contribution in [0, 0.1) is 5.41 Å². The zero-order chi connectivity index (χ0) is 18.7. The van der Waals surface area contributed by atoms with E-state index in [0.29, 0.717) is 24.9 Å². The zero-order valence-corrected chi connectivity index (χ0v) is 16.0. The highest BCUT2D eigenvalue weighted by Gasteiger charge is 2.35. The number of aliphatic carboxylic acids is 1. The molecule has 1 saturated carbocycles. The van der Waals surface area contributed by atoms with Crippen molar-refractivity contribution >= 4 is 5.97 Å². The molecule has 0 aliphatic heterocycles. The Kier molecular flexibility index (Phi) is 6.28. The Bertz CT molecular complexity index is 569. The van der Waals surface area contributed by atoms with Gasteiger partial charge in [-0.3, -0.25) is 4.79 Å². The van der Waals surface area contributed by atoms with Crippen LogP contribution in [0.2, 0.25) is 0 Å². The van der Waals surface area contributed by atoms with Gasteiger partial charge in [0.15, 0.2) is 0 Å². The standard InChI is InChI=1S/C21H33NO3/c1-15(2)16-5-7-17(8-6-16)21(25)11-9-18(10-12-21)22-14-13-20(3,4)19(23)24/h5-8,15,18,22,25H,9-14H2,1-4H3,(H,23,24). The molecule has 140 valence electrons. The van der Waals surface area contributed by atoms with Gasteiger partial charge in [0.2, 0.25) is 0 Å². The number of carbonyl (C=O) groups is 1. The minimum atomic E-state index is -0.753. The van der Waals surface area contributed by atoms with Gasteiger partial charge in [0.1, 0.15) is 0 Å². The van der Waals surface area contributed by atoms with Gasteiger partial charge in [0.25, 0.3) is 0 Å². The lowest BCUT2D eigenvalue weighted by Crippen LogP contribution is -2.41. The van der Waals surface area contributed by atoms with Crippen LogP contribution in [0.4, 0.5) is 0 Å². The monoisotopic (exact) mass is 347 g/mol. The first-order valence-corrected chi connectivity index (χ1v) is 9.44. The molecule has 1 aromatic rings. The van der Waals surface area contributed by atoms with Crippen molar-refractivity contribution in [2.75, 3.05) is 6.54 Å². The van der Waals surface area contributed by atoms with Gasteiger partial charge in [0.05, 0.1) is 11.0 Å². The molecule has 0 bridgehead atoms. The number of rotatable bonds is 7. The van der Waals surface area contributed by atoms with Gasteiger partial charge in [-0.15, -0.1) is 0 Å². The molecule has 0 atom stereocenters. The highest BCUT2D eigenvalue weighted by Crippen LogP contribution is 2.37. The third-order valence-electron chi connectivity index (χ3n) is 5.69. The fourth-order valence-electron chi connectivity index (χ4n) is 3.46. The summed E-state index contributed by atoms with van der Waals surface area (Å²) in [5.74, 6) is -0.254. The Morgan fingerprint density at radius 1 is 1.24 bits per heavy atom. The summed E-state index contributed by atoms with van der Waals surface area (Å²) in [7, 11) is 0. The maximum absolute atomic E-state index is 11.2. The van der Waals surface area contributed by atoms with Crippen molar-refractivity contribution in [3.8, 4) is 0 Å². The lowest BCUT2D eigenvalue weighted by atomic mass is 9.77. The highest BCUT2D eigenvalue weighted by atomic mass is 16.4. The van der Waals surface area contributed by atoms with Crippen molar-refractivity contribution in [1.82, 2.24) is 5.32 Å². The number of aliphatic hydroxyl groups is 1. The van der Waals surface area contributed by atoms with Crippen LogP contribution in [-0.2, 0) is 10.4 Å². The van der Waals surface area contributed by atoms with Crippen LogP contribution in [0.3, 0.4) is 0 Å². The molecule has 0 radical (unpaired) electrons. The third kappa shape index (κ3) is 5.05. The molecular formula is C21H33NO3. The molecule has 2 rings (SSSR count). The van der Waals surface area contributed by atoms with Crippen molar-refractivity contribution in [3.05, 3.63) is 35.4 Å². The maximum atomic E-state index is 11.2. The summed E-state index contributed by atoms with van der Waals surface area (Å²) < 4.78 is 0. The molecule has 0 amide bonds. The summed E-state index contributed by atoms with van der Waals surface area (Å²) in [6, 6.07) is 8.74.